The molecule has 0 saturated carbocycles. The average Bonchev–Trinajstić information content (AvgIpc) is 2.30. The Labute approximate surface area is 99.0 Å². The van der Waals surface area contributed by atoms with E-state index in [1.165, 1.54) is 11.1 Å². The third-order valence-corrected chi connectivity index (χ3v) is 2.84. The van der Waals surface area contributed by atoms with Crippen molar-refractivity contribution in [3.8, 4) is 0 Å². The zero-order valence-electron chi connectivity index (χ0n) is 10.4. The Hall–Kier alpha value is -1.56. The third kappa shape index (κ3) is 2.96. The summed E-state index contributed by atoms with van der Waals surface area (Å²) in [7, 11) is 0. The summed E-state index contributed by atoms with van der Waals surface area (Å²) in [6.45, 7) is 10.2. The molecular weight excluding hydrogens is 192 g/mol. The lowest BCUT2D eigenvalue weighted by molar-refractivity contribution is 0.759. The number of hydrogen-bond acceptors (Lipinski definition) is 0. The van der Waals surface area contributed by atoms with E-state index in [0.717, 1.165) is 0 Å². The molecule has 0 aliphatic carbocycles. The van der Waals surface area contributed by atoms with Crippen LogP contribution in [0.5, 0.6) is 0 Å². The molecule has 1 aromatic carbocycles. The molecule has 1 atom stereocenters. The van der Waals surface area contributed by atoms with Crippen LogP contribution in [-0.2, 0) is 5.41 Å². The van der Waals surface area contributed by atoms with Crippen LogP contribution in [0.4, 0.5) is 0 Å². The second-order valence-electron chi connectivity index (χ2n) is 4.24. The lowest BCUT2D eigenvalue weighted by atomic mass is 9.82. The molecule has 0 aliphatic heterocycles. The molecule has 1 aromatic rings. The quantitative estimate of drug-likeness (QED) is 0.506. The molecule has 0 N–H and O–H groups in total. The summed E-state index contributed by atoms with van der Waals surface area (Å²) < 4.78 is 0. The summed E-state index contributed by atoms with van der Waals surface area (Å²) in [5.74, 6) is 0. The van der Waals surface area contributed by atoms with Crippen molar-refractivity contribution in [1.82, 2.24) is 0 Å². The predicted molar refractivity (Wildman–Crippen MR) is 72.7 cm³/mol. The van der Waals surface area contributed by atoms with Gasteiger partial charge in [-0.25, -0.2) is 0 Å². The van der Waals surface area contributed by atoms with Crippen molar-refractivity contribution in [2.45, 2.75) is 26.2 Å². The van der Waals surface area contributed by atoms with Crippen molar-refractivity contribution in [1.29, 1.82) is 0 Å². The Bertz CT molecular complexity index is 393. The smallest absolute Gasteiger partial charge is 0.0284 e. The maximum Gasteiger partial charge on any atom is 0.0284 e. The molecule has 0 spiro atoms. The first-order chi connectivity index (χ1) is 7.62. The van der Waals surface area contributed by atoms with Gasteiger partial charge in [0, 0.05) is 5.41 Å². The van der Waals surface area contributed by atoms with E-state index in [0.29, 0.717) is 0 Å². The molecule has 16 heavy (non-hydrogen) atoms. The van der Waals surface area contributed by atoms with Crippen molar-refractivity contribution >= 4 is 0 Å². The van der Waals surface area contributed by atoms with Gasteiger partial charge in [-0.3, -0.25) is 0 Å². The maximum absolute atomic E-state index is 3.93. The Kier molecular flexibility index (Phi) is 4.30. The van der Waals surface area contributed by atoms with Gasteiger partial charge in [0.1, 0.15) is 0 Å². The van der Waals surface area contributed by atoms with E-state index in [4.69, 9.17) is 0 Å². The third-order valence-electron chi connectivity index (χ3n) is 2.84. The number of hydrogen-bond donors (Lipinski definition) is 0. The zero-order chi connectivity index (χ0) is 12.0. The van der Waals surface area contributed by atoms with E-state index in [1.807, 2.05) is 25.2 Å². The number of benzene rings is 1. The fraction of sp³-hybridized carbons (Fsp3) is 0.250. The van der Waals surface area contributed by atoms with Gasteiger partial charge in [-0.15, -0.1) is 6.58 Å². The summed E-state index contributed by atoms with van der Waals surface area (Å²) in [5.41, 5.74) is 2.47. The van der Waals surface area contributed by atoms with Crippen LogP contribution in [0.1, 0.15) is 25.0 Å². The van der Waals surface area contributed by atoms with E-state index in [-0.39, 0.29) is 5.41 Å². The van der Waals surface area contributed by atoms with Gasteiger partial charge in [-0.2, -0.15) is 0 Å². The van der Waals surface area contributed by atoms with Crippen LogP contribution in [0.3, 0.4) is 0 Å². The molecule has 0 heterocycles. The summed E-state index contributed by atoms with van der Waals surface area (Å²) in [4.78, 5) is 0. The standard InChI is InChI=1S/C16H20/c1-5-7-8-13-16(4,6-2)15-11-9-14(3)10-12-15/h5-13H,2H2,1,3-4H3/b7-5-,13-8-. The largest absolute Gasteiger partial charge is 0.102 e. The molecule has 0 nitrogen and oxygen atoms in total. The van der Waals surface area contributed by atoms with Crippen molar-refractivity contribution in [3.05, 3.63) is 72.4 Å². The van der Waals surface area contributed by atoms with Gasteiger partial charge >= 0.3 is 0 Å². The van der Waals surface area contributed by atoms with E-state index in [1.54, 1.807) is 0 Å². The molecular formula is C16H20. The minimum atomic E-state index is -0.0901. The molecule has 0 aliphatic rings. The van der Waals surface area contributed by atoms with Gasteiger partial charge in [-0.05, 0) is 26.3 Å². The van der Waals surface area contributed by atoms with Gasteiger partial charge in [0.2, 0.25) is 0 Å². The molecule has 0 saturated heterocycles. The Morgan fingerprint density at radius 1 is 1.12 bits per heavy atom. The summed E-state index contributed by atoms with van der Waals surface area (Å²) >= 11 is 0. The maximum atomic E-state index is 3.93. The first-order valence-electron chi connectivity index (χ1n) is 5.63. The van der Waals surface area contributed by atoms with E-state index in [9.17, 15) is 0 Å². The Balaban J connectivity index is 3.04. The lowest BCUT2D eigenvalue weighted by Crippen LogP contribution is -2.14. The van der Waals surface area contributed by atoms with Crippen LogP contribution >= 0.6 is 0 Å². The van der Waals surface area contributed by atoms with E-state index in [2.05, 4.69) is 56.8 Å². The zero-order valence-corrected chi connectivity index (χ0v) is 10.4. The highest BCUT2D eigenvalue weighted by Crippen LogP contribution is 2.26. The first kappa shape index (κ1) is 12.5. The molecule has 0 fully saturated rings. The van der Waals surface area contributed by atoms with Gasteiger partial charge in [0.15, 0.2) is 0 Å². The fourth-order valence-electron chi connectivity index (χ4n) is 1.56. The second kappa shape index (κ2) is 5.50. The van der Waals surface area contributed by atoms with Crippen LogP contribution < -0.4 is 0 Å². The molecule has 0 amide bonds. The van der Waals surface area contributed by atoms with Crippen molar-refractivity contribution in [3.63, 3.8) is 0 Å². The predicted octanol–water partition coefficient (Wildman–Crippen LogP) is 4.57. The van der Waals surface area contributed by atoms with Crippen molar-refractivity contribution < 1.29 is 0 Å². The highest BCUT2D eigenvalue weighted by atomic mass is 14.2. The fourth-order valence-corrected chi connectivity index (χ4v) is 1.56. The SMILES string of the molecule is C=CC(C)(/C=C\C=C/C)c1ccc(C)cc1. The van der Waals surface area contributed by atoms with Crippen LogP contribution in [0, 0.1) is 6.92 Å². The Morgan fingerprint density at radius 3 is 2.25 bits per heavy atom. The van der Waals surface area contributed by atoms with Gasteiger partial charge in [0.25, 0.3) is 0 Å². The van der Waals surface area contributed by atoms with Crippen LogP contribution in [0.2, 0.25) is 0 Å². The Morgan fingerprint density at radius 2 is 1.75 bits per heavy atom. The van der Waals surface area contributed by atoms with Crippen molar-refractivity contribution in [2.24, 2.45) is 0 Å². The van der Waals surface area contributed by atoms with Gasteiger partial charge < -0.3 is 0 Å². The normalized spacial score (nSPS) is 15.4. The van der Waals surface area contributed by atoms with E-state index < -0.39 is 0 Å². The van der Waals surface area contributed by atoms with Crippen molar-refractivity contribution in [2.75, 3.05) is 0 Å². The van der Waals surface area contributed by atoms with Crippen LogP contribution in [-0.4, -0.2) is 0 Å². The minimum Gasteiger partial charge on any atom is -0.102 e. The number of rotatable bonds is 4. The summed E-state index contributed by atoms with van der Waals surface area (Å²) in [6, 6.07) is 8.61. The molecule has 0 heteroatoms. The van der Waals surface area contributed by atoms with Crippen LogP contribution in [0.25, 0.3) is 0 Å². The molecule has 0 bridgehead atoms. The second-order valence-corrected chi connectivity index (χ2v) is 4.24. The molecule has 0 radical (unpaired) electrons. The average molecular weight is 212 g/mol. The minimum absolute atomic E-state index is 0.0901. The van der Waals surface area contributed by atoms with E-state index >= 15 is 0 Å². The summed E-state index contributed by atoms with van der Waals surface area (Å²) in [6.07, 6.45) is 10.3. The van der Waals surface area contributed by atoms with Crippen LogP contribution in [0.15, 0.2) is 61.2 Å². The highest BCUT2D eigenvalue weighted by Gasteiger charge is 2.18. The van der Waals surface area contributed by atoms with Gasteiger partial charge in [0.05, 0.1) is 0 Å². The monoisotopic (exact) mass is 212 g/mol. The number of aryl methyl sites for hydroxylation is 1. The molecule has 84 valence electrons. The lowest BCUT2D eigenvalue weighted by Gasteiger charge is -2.22. The highest BCUT2D eigenvalue weighted by molar-refractivity contribution is 5.37. The summed E-state index contributed by atoms with van der Waals surface area (Å²) in [5, 5.41) is 0. The topological polar surface area (TPSA) is 0 Å². The molecule has 1 unspecified atom stereocenters. The number of allylic oxidation sites excluding steroid dienone is 5. The first-order valence-corrected chi connectivity index (χ1v) is 5.63. The molecule has 0 aromatic heterocycles. The molecule has 1 rings (SSSR count). The van der Waals surface area contributed by atoms with Gasteiger partial charge in [-0.1, -0.05) is 60.2 Å².